The molecule has 1 amide bonds. The van der Waals surface area contributed by atoms with E-state index in [-0.39, 0.29) is 29.4 Å². The second-order valence-corrected chi connectivity index (χ2v) is 6.82. The number of carbonyl (C=O) groups is 1. The van der Waals surface area contributed by atoms with E-state index in [0.29, 0.717) is 5.56 Å². The maximum Gasteiger partial charge on any atom is 0.251 e. The Morgan fingerprint density at radius 2 is 1.79 bits per heavy atom. The summed E-state index contributed by atoms with van der Waals surface area (Å²) in [7, 11) is -3.26. The third-order valence-corrected chi connectivity index (χ3v) is 3.99. The smallest absolute Gasteiger partial charge is 0.251 e. The topological polar surface area (TPSA) is 83.5 Å². The standard InChI is InChI=1S/C13H19NO4S/c1-9(2)12(8-15)14-13(16)10-4-6-11(7-5-10)19(3,17)18/h4-7,9,12,15H,8H2,1-3H3,(H,14,16)/t12-/m1/s1. The highest BCUT2D eigenvalue weighted by molar-refractivity contribution is 7.90. The van der Waals surface area contributed by atoms with Gasteiger partial charge in [-0.15, -0.1) is 0 Å². The molecular formula is C13H19NO4S. The number of hydrogen-bond acceptors (Lipinski definition) is 4. The minimum absolute atomic E-state index is 0.115. The number of nitrogens with one attached hydrogen (secondary N) is 1. The number of sulfone groups is 1. The lowest BCUT2D eigenvalue weighted by Gasteiger charge is -2.19. The summed E-state index contributed by atoms with van der Waals surface area (Å²) >= 11 is 0. The second kappa shape index (κ2) is 6.16. The van der Waals surface area contributed by atoms with Crippen LogP contribution in [0.15, 0.2) is 29.2 Å². The van der Waals surface area contributed by atoms with Crippen LogP contribution in [0.3, 0.4) is 0 Å². The molecule has 19 heavy (non-hydrogen) atoms. The van der Waals surface area contributed by atoms with Crippen molar-refractivity contribution in [2.45, 2.75) is 24.8 Å². The molecule has 0 aromatic heterocycles. The molecule has 0 unspecified atom stereocenters. The van der Waals surface area contributed by atoms with Gasteiger partial charge >= 0.3 is 0 Å². The zero-order valence-electron chi connectivity index (χ0n) is 11.3. The lowest BCUT2D eigenvalue weighted by Crippen LogP contribution is -2.41. The molecule has 0 radical (unpaired) electrons. The molecule has 106 valence electrons. The molecule has 0 heterocycles. The van der Waals surface area contributed by atoms with Gasteiger partial charge in [-0.3, -0.25) is 4.79 Å². The summed E-state index contributed by atoms with van der Waals surface area (Å²) in [6.45, 7) is 3.66. The van der Waals surface area contributed by atoms with Crippen LogP contribution in [0.5, 0.6) is 0 Å². The van der Waals surface area contributed by atoms with Crippen molar-refractivity contribution in [1.82, 2.24) is 5.32 Å². The van der Waals surface area contributed by atoms with E-state index in [1.165, 1.54) is 24.3 Å². The van der Waals surface area contributed by atoms with Crippen LogP contribution in [0.2, 0.25) is 0 Å². The van der Waals surface area contributed by atoms with Crippen molar-refractivity contribution in [3.63, 3.8) is 0 Å². The Kier molecular flexibility index (Phi) is 5.08. The Hall–Kier alpha value is -1.40. The summed E-state index contributed by atoms with van der Waals surface area (Å²) in [5.74, 6) is -0.211. The highest BCUT2D eigenvalue weighted by atomic mass is 32.2. The van der Waals surface area contributed by atoms with Crippen LogP contribution in [0.25, 0.3) is 0 Å². The molecule has 0 aliphatic rings. The molecule has 1 rings (SSSR count). The lowest BCUT2D eigenvalue weighted by molar-refractivity contribution is 0.0897. The molecule has 0 saturated heterocycles. The average Bonchev–Trinajstić information content (AvgIpc) is 2.34. The Balaban J connectivity index is 2.84. The number of aliphatic hydroxyl groups is 1. The van der Waals surface area contributed by atoms with E-state index in [4.69, 9.17) is 5.11 Å². The number of amides is 1. The van der Waals surface area contributed by atoms with Crippen molar-refractivity contribution in [2.75, 3.05) is 12.9 Å². The van der Waals surface area contributed by atoms with Crippen LogP contribution < -0.4 is 5.32 Å². The maximum atomic E-state index is 11.9. The number of rotatable bonds is 5. The molecule has 0 aliphatic heterocycles. The molecular weight excluding hydrogens is 266 g/mol. The average molecular weight is 285 g/mol. The molecule has 0 saturated carbocycles. The minimum atomic E-state index is -3.26. The van der Waals surface area contributed by atoms with Gasteiger partial charge in [0.05, 0.1) is 17.5 Å². The molecule has 1 atom stereocenters. The van der Waals surface area contributed by atoms with Gasteiger partial charge in [-0.05, 0) is 30.2 Å². The first-order valence-electron chi connectivity index (χ1n) is 5.97. The monoisotopic (exact) mass is 285 g/mol. The fourth-order valence-electron chi connectivity index (χ4n) is 1.53. The lowest BCUT2D eigenvalue weighted by atomic mass is 10.0. The first-order chi connectivity index (χ1) is 8.75. The van der Waals surface area contributed by atoms with Crippen LogP contribution in [0.1, 0.15) is 24.2 Å². The van der Waals surface area contributed by atoms with E-state index in [1.54, 1.807) is 0 Å². The van der Waals surface area contributed by atoms with Gasteiger partial charge in [-0.1, -0.05) is 13.8 Å². The van der Waals surface area contributed by atoms with Crippen molar-refractivity contribution < 1.29 is 18.3 Å². The zero-order chi connectivity index (χ0) is 14.6. The first kappa shape index (κ1) is 15.7. The molecule has 0 fully saturated rings. The first-order valence-corrected chi connectivity index (χ1v) is 7.86. The van der Waals surface area contributed by atoms with Crippen LogP contribution >= 0.6 is 0 Å². The van der Waals surface area contributed by atoms with Crippen molar-refractivity contribution in [1.29, 1.82) is 0 Å². The summed E-state index contributed by atoms with van der Waals surface area (Å²) in [4.78, 5) is 12.1. The Morgan fingerprint density at radius 3 is 2.16 bits per heavy atom. The van der Waals surface area contributed by atoms with E-state index < -0.39 is 9.84 Å². The number of hydrogen-bond donors (Lipinski definition) is 2. The number of aliphatic hydroxyl groups excluding tert-OH is 1. The maximum absolute atomic E-state index is 11.9. The van der Waals surface area contributed by atoms with E-state index in [0.717, 1.165) is 6.26 Å². The fourth-order valence-corrected chi connectivity index (χ4v) is 2.16. The Labute approximate surface area is 113 Å². The minimum Gasteiger partial charge on any atom is -0.394 e. The third kappa shape index (κ3) is 4.33. The Bertz CT molecular complexity index is 534. The van der Waals surface area contributed by atoms with E-state index >= 15 is 0 Å². The summed E-state index contributed by atoms with van der Waals surface area (Å²) in [6.07, 6.45) is 1.11. The van der Waals surface area contributed by atoms with Crippen molar-refractivity contribution >= 4 is 15.7 Å². The molecule has 0 spiro atoms. The summed E-state index contributed by atoms with van der Waals surface area (Å²) in [6, 6.07) is 5.39. The van der Waals surface area contributed by atoms with Gasteiger partial charge in [0.1, 0.15) is 0 Å². The number of carbonyl (C=O) groups excluding carboxylic acids is 1. The SMILES string of the molecule is CC(C)[C@@H](CO)NC(=O)c1ccc(S(C)(=O)=O)cc1. The third-order valence-electron chi connectivity index (χ3n) is 2.86. The van der Waals surface area contributed by atoms with Crippen LogP contribution in [-0.2, 0) is 9.84 Å². The summed E-state index contributed by atoms with van der Waals surface area (Å²) in [5.41, 5.74) is 0.367. The molecule has 2 N–H and O–H groups in total. The van der Waals surface area contributed by atoms with Gasteiger partial charge in [0.15, 0.2) is 9.84 Å². The van der Waals surface area contributed by atoms with Crippen LogP contribution in [0, 0.1) is 5.92 Å². The molecule has 1 aromatic carbocycles. The van der Waals surface area contributed by atoms with Gasteiger partial charge in [0.2, 0.25) is 0 Å². The van der Waals surface area contributed by atoms with Gasteiger partial charge in [-0.25, -0.2) is 8.42 Å². The van der Waals surface area contributed by atoms with Gasteiger partial charge in [-0.2, -0.15) is 0 Å². The van der Waals surface area contributed by atoms with E-state index in [9.17, 15) is 13.2 Å². The van der Waals surface area contributed by atoms with Crippen LogP contribution in [-0.4, -0.2) is 38.3 Å². The molecule has 1 aromatic rings. The van der Waals surface area contributed by atoms with Crippen molar-refractivity contribution in [2.24, 2.45) is 5.92 Å². The van der Waals surface area contributed by atoms with Gasteiger partial charge in [0.25, 0.3) is 5.91 Å². The largest absolute Gasteiger partial charge is 0.394 e. The second-order valence-electron chi connectivity index (χ2n) is 4.80. The molecule has 0 bridgehead atoms. The quantitative estimate of drug-likeness (QED) is 0.839. The molecule has 5 nitrogen and oxygen atoms in total. The normalized spacial score (nSPS) is 13.3. The fraction of sp³-hybridized carbons (Fsp3) is 0.462. The van der Waals surface area contributed by atoms with Gasteiger partial charge in [0, 0.05) is 11.8 Å². The highest BCUT2D eigenvalue weighted by Crippen LogP contribution is 2.11. The van der Waals surface area contributed by atoms with E-state index in [2.05, 4.69) is 5.32 Å². The van der Waals surface area contributed by atoms with Gasteiger partial charge < -0.3 is 10.4 Å². The summed E-state index contributed by atoms with van der Waals surface area (Å²) in [5, 5.41) is 11.9. The molecule has 0 aliphatic carbocycles. The molecule has 6 heteroatoms. The predicted molar refractivity (Wildman–Crippen MR) is 72.7 cm³/mol. The highest BCUT2D eigenvalue weighted by Gasteiger charge is 2.16. The van der Waals surface area contributed by atoms with E-state index in [1.807, 2.05) is 13.8 Å². The summed E-state index contributed by atoms with van der Waals surface area (Å²) < 4.78 is 22.6. The van der Waals surface area contributed by atoms with Crippen molar-refractivity contribution in [3.8, 4) is 0 Å². The van der Waals surface area contributed by atoms with Crippen molar-refractivity contribution in [3.05, 3.63) is 29.8 Å². The zero-order valence-corrected chi connectivity index (χ0v) is 12.1. The Morgan fingerprint density at radius 1 is 1.26 bits per heavy atom. The van der Waals surface area contributed by atoms with Crippen LogP contribution in [0.4, 0.5) is 0 Å². The number of benzene rings is 1. The predicted octanol–water partition coefficient (Wildman–Crippen LogP) is 0.837.